The number of halogens is 1. The number of benzene rings is 2. The predicted molar refractivity (Wildman–Crippen MR) is 130 cm³/mol. The molecule has 0 aliphatic carbocycles. The van der Waals surface area contributed by atoms with Crippen molar-refractivity contribution < 1.29 is 23.5 Å². The van der Waals surface area contributed by atoms with E-state index in [9.17, 15) is 14.0 Å². The van der Waals surface area contributed by atoms with Crippen LogP contribution in [0.25, 0.3) is 0 Å². The van der Waals surface area contributed by atoms with Crippen LogP contribution in [-0.4, -0.2) is 85.6 Å². The second-order valence-electron chi connectivity index (χ2n) is 9.69. The highest BCUT2D eigenvalue weighted by molar-refractivity contribution is 5.80. The van der Waals surface area contributed by atoms with Crippen LogP contribution in [0.3, 0.4) is 0 Å². The van der Waals surface area contributed by atoms with E-state index in [-0.39, 0.29) is 43.1 Å². The minimum atomic E-state index is -0.991. The number of nitrogens with zero attached hydrogens (tertiary/aromatic N) is 3. The Morgan fingerprint density at radius 1 is 1.14 bits per heavy atom. The third-order valence-electron chi connectivity index (χ3n) is 6.78. The van der Waals surface area contributed by atoms with Crippen LogP contribution in [0.1, 0.15) is 18.4 Å². The van der Waals surface area contributed by atoms with Crippen LogP contribution >= 0.6 is 0 Å². The van der Waals surface area contributed by atoms with E-state index in [4.69, 9.17) is 9.47 Å². The maximum atomic E-state index is 13.3. The van der Waals surface area contributed by atoms with Crippen LogP contribution in [0.15, 0.2) is 54.6 Å². The highest BCUT2D eigenvalue weighted by atomic mass is 19.1. The summed E-state index contributed by atoms with van der Waals surface area (Å²) in [5.74, 6) is 0.114. The Kier molecular flexibility index (Phi) is 8.03. The predicted octanol–water partition coefficient (Wildman–Crippen LogP) is 2.80. The van der Waals surface area contributed by atoms with Gasteiger partial charge in [0, 0.05) is 26.7 Å². The SMILES string of the molecule is CN1CC[C@@H](C(=O)N2CCO[C@](COc3ccc(F)cc3)(CC(=O)N(C)Cc3ccccc3)C2)C1. The molecular weight excluding hydrogens is 449 g/mol. The minimum absolute atomic E-state index is 0.0368. The first-order chi connectivity index (χ1) is 16.8. The molecule has 35 heavy (non-hydrogen) atoms. The summed E-state index contributed by atoms with van der Waals surface area (Å²) in [5, 5.41) is 0. The van der Waals surface area contributed by atoms with Crippen LogP contribution in [0.2, 0.25) is 0 Å². The summed E-state index contributed by atoms with van der Waals surface area (Å²) in [5.41, 5.74) is 0.0427. The Bertz CT molecular complexity index is 1000. The Balaban J connectivity index is 1.48. The zero-order valence-corrected chi connectivity index (χ0v) is 20.5. The number of carbonyl (C=O) groups excluding carboxylic acids is 2. The summed E-state index contributed by atoms with van der Waals surface area (Å²) in [4.78, 5) is 32.2. The van der Waals surface area contributed by atoms with E-state index in [1.807, 2.05) is 42.3 Å². The standard InChI is InChI=1S/C27H34FN3O4/c1-29-13-12-22(18-29)26(33)31-14-15-35-27(19-31,20-34-24-10-8-23(28)9-11-24)16-25(32)30(2)17-21-6-4-3-5-7-21/h3-11,22H,12-20H2,1-2H3/t22-,27-/m1/s1. The molecule has 2 aromatic carbocycles. The van der Waals surface area contributed by atoms with Crippen molar-refractivity contribution in [3.63, 3.8) is 0 Å². The molecule has 0 aromatic heterocycles. The van der Waals surface area contributed by atoms with Crippen LogP contribution in [0.4, 0.5) is 4.39 Å². The third-order valence-corrected chi connectivity index (χ3v) is 6.78. The Labute approximate surface area is 206 Å². The molecule has 4 rings (SSSR count). The molecule has 2 amide bonds. The topological polar surface area (TPSA) is 62.3 Å². The molecule has 188 valence electrons. The molecular formula is C27H34FN3O4. The lowest BCUT2D eigenvalue weighted by molar-refractivity contribution is -0.167. The molecule has 0 spiro atoms. The van der Waals surface area contributed by atoms with E-state index >= 15 is 0 Å². The van der Waals surface area contributed by atoms with Crippen LogP contribution in [0, 0.1) is 11.7 Å². The van der Waals surface area contributed by atoms with Gasteiger partial charge in [-0.1, -0.05) is 30.3 Å². The second kappa shape index (κ2) is 11.2. The number of likely N-dealkylation sites (tertiary alicyclic amines) is 1. The average molecular weight is 484 g/mol. The van der Waals surface area contributed by atoms with Gasteiger partial charge in [-0.3, -0.25) is 9.59 Å². The largest absolute Gasteiger partial charge is 0.490 e. The molecule has 7 nitrogen and oxygen atoms in total. The average Bonchev–Trinajstić information content (AvgIpc) is 3.30. The zero-order chi connectivity index (χ0) is 24.8. The number of amides is 2. The van der Waals surface area contributed by atoms with Crippen LogP contribution < -0.4 is 4.74 Å². The van der Waals surface area contributed by atoms with Gasteiger partial charge in [0.2, 0.25) is 11.8 Å². The van der Waals surface area contributed by atoms with Crippen molar-refractivity contribution >= 4 is 11.8 Å². The molecule has 0 unspecified atom stereocenters. The van der Waals surface area contributed by atoms with Crippen LogP contribution in [0.5, 0.6) is 5.75 Å². The maximum absolute atomic E-state index is 13.3. The van der Waals surface area contributed by atoms with Crippen molar-refractivity contribution in [1.82, 2.24) is 14.7 Å². The van der Waals surface area contributed by atoms with E-state index in [1.165, 1.54) is 12.1 Å². The molecule has 0 saturated carbocycles. The molecule has 2 atom stereocenters. The highest BCUT2D eigenvalue weighted by Gasteiger charge is 2.43. The van der Waals surface area contributed by atoms with Gasteiger partial charge in [-0.15, -0.1) is 0 Å². The van der Waals surface area contributed by atoms with Gasteiger partial charge in [0.15, 0.2) is 0 Å². The van der Waals surface area contributed by atoms with Crippen molar-refractivity contribution in [3.8, 4) is 5.75 Å². The fourth-order valence-corrected chi connectivity index (χ4v) is 4.77. The molecule has 2 saturated heterocycles. The first-order valence-corrected chi connectivity index (χ1v) is 12.1. The fraction of sp³-hybridized carbons (Fsp3) is 0.481. The summed E-state index contributed by atoms with van der Waals surface area (Å²) in [7, 11) is 3.79. The fourth-order valence-electron chi connectivity index (χ4n) is 4.77. The summed E-state index contributed by atoms with van der Waals surface area (Å²) in [6.45, 7) is 3.31. The molecule has 2 fully saturated rings. The van der Waals surface area contributed by atoms with E-state index in [0.29, 0.717) is 25.4 Å². The number of hydrogen-bond donors (Lipinski definition) is 0. The lowest BCUT2D eigenvalue weighted by Crippen LogP contribution is -2.59. The van der Waals surface area contributed by atoms with Crippen molar-refractivity contribution in [1.29, 1.82) is 0 Å². The summed E-state index contributed by atoms with van der Waals surface area (Å²) in [6.07, 6.45) is 0.913. The van der Waals surface area contributed by atoms with Gasteiger partial charge >= 0.3 is 0 Å². The van der Waals surface area contributed by atoms with E-state index in [0.717, 1.165) is 25.1 Å². The third kappa shape index (κ3) is 6.58. The Hall–Kier alpha value is -2.97. The van der Waals surface area contributed by atoms with Gasteiger partial charge in [-0.25, -0.2) is 4.39 Å². The molecule has 2 heterocycles. The maximum Gasteiger partial charge on any atom is 0.227 e. The Morgan fingerprint density at radius 3 is 2.57 bits per heavy atom. The van der Waals surface area contributed by atoms with Gasteiger partial charge in [-0.05, 0) is 49.8 Å². The van der Waals surface area contributed by atoms with E-state index in [1.54, 1.807) is 24.1 Å². The zero-order valence-electron chi connectivity index (χ0n) is 20.5. The van der Waals surface area contributed by atoms with E-state index in [2.05, 4.69) is 4.90 Å². The van der Waals surface area contributed by atoms with Gasteiger partial charge in [-0.2, -0.15) is 0 Å². The summed E-state index contributed by atoms with van der Waals surface area (Å²) < 4.78 is 25.5. The van der Waals surface area contributed by atoms with Crippen molar-refractivity contribution in [2.24, 2.45) is 5.92 Å². The molecule has 0 radical (unpaired) electrons. The van der Waals surface area contributed by atoms with Gasteiger partial charge in [0.25, 0.3) is 0 Å². The van der Waals surface area contributed by atoms with Crippen LogP contribution in [-0.2, 0) is 20.9 Å². The van der Waals surface area contributed by atoms with Crippen molar-refractivity contribution in [2.45, 2.75) is 25.0 Å². The van der Waals surface area contributed by atoms with E-state index < -0.39 is 5.60 Å². The quantitative estimate of drug-likeness (QED) is 0.578. The summed E-state index contributed by atoms with van der Waals surface area (Å²) >= 11 is 0. The Morgan fingerprint density at radius 2 is 1.89 bits per heavy atom. The minimum Gasteiger partial charge on any atom is -0.490 e. The number of carbonyl (C=O) groups is 2. The molecule has 0 N–H and O–H groups in total. The molecule has 2 aromatic rings. The smallest absolute Gasteiger partial charge is 0.227 e. The number of ether oxygens (including phenoxy) is 2. The first kappa shape index (κ1) is 25.1. The lowest BCUT2D eigenvalue weighted by Gasteiger charge is -2.43. The number of hydrogen-bond acceptors (Lipinski definition) is 5. The van der Waals surface area contributed by atoms with Gasteiger partial charge in [0.05, 0.1) is 25.5 Å². The molecule has 0 bridgehead atoms. The number of rotatable bonds is 8. The lowest BCUT2D eigenvalue weighted by atomic mass is 9.95. The molecule has 2 aliphatic rings. The van der Waals surface area contributed by atoms with Gasteiger partial charge in [0.1, 0.15) is 23.8 Å². The van der Waals surface area contributed by atoms with Crippen molar-refractivity contribution in [2.75, 3.05) is 53.5 Å². The van der Waals surface area contributed by atoms with Crippen molar-refractivity contribution in [3.05, 3.63) is 66.0 Å². The van der Waals surface area contributed by atoms with Gasteiger partial charge < -0.3 is 24.2 Å². The monoisotopic (exact) mass is 483 g/mol. The highest BCUT2D eigenvalue weighted by Crippen LogP contribution is 2.28. The first-order valence-electron chi connectivity index (χ1n) is 12.1. The molecule has 2 aliphatic heterocycles. The number of morpholine rings is 1. The normalized spacial score (nSPS) is 22.7. The molecule has 8 heteroatoms. The summed E-state index contributed by atoms with van der Waals surface area (Å²) in [6, 6.07) is 15.5. The second-order valence-corrected chi connectivity index (χ2v) is 9.69.